The zero-order chi connectivity index (χ0) is 13.9. The summed E-state index contributed by atoms with van der Waals surface area (Å²) < 4.78 is 36.2. The van der Waals surface area contributed by atoms with E-state index in [4.69, 9.17) is 5.11 Å². The Labute approximate surface area is 100 Å². The largest absolute Gasteiger partial charge is 0.478 e. The van der Waals surface area contributed by atoms with Gasteiger partial charge in [-0.25, -0.2) is 4.79 Å². The monoisotopic (exact) mass is 261 g/mol. The first kappa shape index (κ1) is 14.0. The number of benzene rings is 1. The van der Waals surface area contributed by atoms with E-state index < -0.39 is 18.1 Å². The fourth-order valence-electron chi connectivity index (χ4n) is 1.29. The zero-order valence-electron chi connectivity index (χ0n) is 9.34. The number of aromatic carboxylic acids is 1. The van der Waals surface area contributed by atoms with Crippen molar-refractivity contribution in [3.05, 3.63) is 29.3 Å². The fourth-order valence-corrected chi connectivity index (χ4v) is 1.29. The number of carbonyl (C=O) groups is 2. The second-order valence-corrected chi connectivity index (χ2v) is 3.49. The molecule has 0 fully saturated rings. The highest BCUT2D eigenvalue weighted by atomic mass is 19.4. The SMILES string of the molecule is CCc1ccc(NC(=O)C(F)(F)F)c(C(=O)O)c1. The molecule has 0 atom stereocenters. The van der Waals surface area contributed by atoms with E-state index in [9.17, 15) is 22.8 Å². The number of amides is 1. The molecular weight excluding hydrogens is 251 g/mol. The molecule has 0 unspecified atom stereocenters. The molecular formula is C11H10F3NO3. The molecule has 0 saturated heterocycles. The first-order valence-corrected chi connectivity index (χ1v) is 5.00. The predicted octanol–water partition coefficient (Wildman–Crippen LogP) is 2.45. The van der Waals surface area contributed by atoms with Crippen LogP contribution in [-0.2, 0) is 11.2 Å². The third-order valence-corrected chi connectivity index (χ3v) is 2.23. The molecule has 0 aliphatic heterocycles. The van der Waals surface area contributed by atoms with Crippen LogP contribution in [0.3, 0.4) is 0 Å². The lowest BCUT2D eigenvalue weighted by atomic mass is 10.1. The van der Waals surface area contributed by atoms with Crippen molar-refractivity contribution in [3.8, 4) is 0 Å². The Bertz CT molecular complexity index is 483. The van der Waals surface area contributed by atoms with Crippen LogP contribution in [0, 0.1) is 0 Å². The van der Waals surface area contributed by atoms with Gasteiger partial charge in [-0.15, -0.1) is 0 Å². The Morgan fingerprint density at radius 3 is 2.39 bits per heavy atom. The van der Waals surface area contributed by atoms with Gasteiger partial charge in [0.25, 0.3) is 0 Å². The molecule has 0 aromatic heterocycles. The number of aryl methyl sites for hydroxylation is 1. The number of hydrogen-bond donors (Lipinski definition) is 2. The third kappa shape index (κ3) is 3.22. The van der Waals surface area contributed by atoms with Crippen LogP contribution in [0.15, 0.2) is 18.2 Å². The van der Waals surface area contributed by atoms with Crippen molar-refractivity contribution in [2.45, 2.75) is 19.5 Å². The number of rotatable bonds is 3. The lowest BCUT2D eigenvalue weighted by molar-refractivity contribution is -0.167. The molecule has 0 aliphatic carbocycles. The second kappa shape index (κ2) is 5.07. The van der Waals surface area contributed by atoms with E-state index in [1.807, 2.05) is 0 Å². The lowest BCUT2D eigenvalue weighted by Gasteiger charge is -2.11. The Morgan fingerprint density at radius 2 is 1.94 bits per heavy atom. The third-order valence-electron chi connectivity index (χ3n) is 2.23. The Balaban J connectivity index is 3.09. The first-order valence-electron chi connectivity index (χ1n) is 5.00. The first-order chi connectivity index (χ1) is 8.25. The summed E-state index contributed by atoms with van der Waals surface area (Å²) in [7, 11) is 0. The summed E-state index contributed by atoms with van der Waals surface area (Å²) in [6.07, 6.45) is -4.52. The average molecular weight is 261 g/mol. The van der Waals surface area contributed by atoms with Crippen LogP contribution in [0.25, 0.3) is 0 Å². The van der Waals surface area contributed by atoms with Crippen molar-refractivity contribution in [2.75, 3.05) is 5.32 Å². The fraction of sp³-hybridized carbons (Fsp3) is 0.273. The minimum Gasteiger partial charge on any atom is -0.478 e. The summed E-state index contributed by atoms with van der Waals surface area (Å²) in [6.45, 7) is 1.77. The Hall–Kier alpha value is -2.05. The van der Waals surface area contributed by atoms with Crippen LogP contribution < -0.4 is 5.32 Å². The summed E-state index contributed by atoms with van der Waals surface area (Å²) in [4.78, 5) is 21.6. The number of nitrogens with one attached hydrogen (secondary N) is 1. The van der Waals surface area contributed by atoms with Gasteiger partial charge in [0.15, 0.2) is 0 Å². The van der Waals surface area contributed by atoms with Crippen molar-refractivity contribution < 1.29 is 27.9 Å². The lowest BCUT2D eigenvalue weighted by Crippen LogP contribution is -2.30. The van der Waals surface area contributed by atoms with Gasteiger partial charge in [0.2, 0.25) is 0 Å². The number of carboxylic acids is 1. The maximum atomic E-state index is 12.1. The molecule has 7 heteroatoms. The quantitative estimate of drug-likeness (QED) is 0.878. The van der Waals surface area contributed by atoms with E-state index in [2.05, 4.69) is 0 Å². The molecule has 0 aliphatic rings. The summed E-state index contributed by atoms with van der Waals surface area (Å²) in [5.74, 6) is -3.60. The molecule has 1 aromatic carbocycles. The van der Waals surface area contributed by atoms with Gasteiger partial charge in [0, 0.05) is 0 Å². The molecule has 4 nitrogen and oxygen atoms in total. The normalized spacial score (nSPS) is 11.1. The van der Waals surface area contributed by atoms with Gasteiger partial charge in [-0.2, -0.15) is 13.2 Å². The highest BCUT2D eigenvalue weighted by Gasteiger charge is 2.39. The molecule has 0 radical (unpaired) electrons. The van der Waals surface area contributed by atoms with Gasteiger partial charge in [-0.1, -0.05) is 13.0 Å². The maximum absolute atomic E-state index is 12.1. The summed E-state index contributed by atoms with van der Waals surface area (Å²) >= 11 is 0. The molecule has 0 saturated carbocycles. The maximum Gasteiger partial charge on any atom is 0.471 e. The molecule has 1 amide bonds. The van der Waals surface area contributed by atoms with Gasteiger partial charge in [-0.3, -0.25) is 4.79 Å². The van der Waals surface area contributed by atoms with E-state index >= 15 is 0 Å². The number of halogens is 3. The van der Waals surface area contributed by atoms with E-state index in [0.29, 0.717) is 12.0 Å². The van der Waals surface area contributed by atoms with E-state index in [1.165, 1.54) is 17.4 Å². The van der Waals surface area contributed by atoms with Gasteiger partial charge in [0.1, 0.15) is 0 Å². The molecule has 98 valence electrons. The smallest absolute Gasteiger partial charge is 0.471 e. The summed E-state index contributed by atoms with van der Waals surface area (Å²) in [5, 5.41) is 10.4. The van der Waals surface area contributed by atoms with Crippen molar-refractivity contribution in [2.24, 2.45) is 0 Å². The van der Waals surface area contributed by atoms with Gasteiger partial charge >= 0.3 is 18.1 Å². The molecule has 0 heterocycles. The van der Waals surface area contributed by atoms with Crippen LogP contribution in [-0.4, -0.2) is 23.2 Å². The van der Waals surface area contributed by atoms with Crippen molar-refractivity contribution >= 4 is 17.6 Å². The highest BCUT2D eigenvalue weighted by Crippen LogP contribution is 2.22. The number of hydrogen-bond acceptors (Lipinski definition) is 2. The molecule has 18 heavy (non-hydrogen) atoms. The minimum absolute atomic E-state index is 0.369. The van der Waals surface area contributed by atoms with Crippen LogP contribution in [0.2, 0.25) is 0 Å². The van der Waals surface area contributed by atoms with Crippen molar-refractivity contribution in [1.82, 2.24) is 0 Å². The standard InChI is InChI=1S/C11H10F3NO3/c1-2-6-3-4-8(7(5-6)9(16)17)15-10(18)11(12,13)14/h3-5H,2H2,1H3,(H,15,18)(H,16,17). The number of carboxylic acid groups (broad SMARTS) is 1. The number of alkyl halides is 3. The van der Waals surface area contributed by atoms with Crippen molar-refractivity contribution in [3.63, 3.8) is 0 Å². The summed E-state index contributed by atoms with van der Waals surface area (Å²) in [6, 6.07) is 3.83. The van der Waals surface area contributed by atoms with Gasteiger partial charge in [-0.05, 0) is 24.1 Å². The average Bonchev–Trinajstić information content (AvgIpc) is 2.27. The van der Waals surface area contributed by atoms with Crippen LogP contribution >= 0.6 is 0 Å². The second-order valence-electron chi connectivity index (χ2n) is 3.49. The predicted molar refractivity (Wildman–Crippen MR) is 57.5 cm³/mol. The van der Waals surface area contributed by atoms with Crippen LogP contribution in [0.1, 0.15) is 22.8 Å². The number of anilines is 1. The van der Waals surface area contributed by atoms with Crippen LogP contribution in [0.4, 0.5) is 18.9 Å². The van der Waals surface area contributed by atoms with E-state index in [-0.39, 0.29) is 11.3 Å². The molecule has 1 aromatic rings. The highest BCUT2D eigenvalue weighted by molar-refractivity contribution is 6.02. The van der Waals surface area contributed by atoms with Gasteiger partial charge < -0.3 is 10.4 Å². The van der Waals surface area contributed by atoms with Crippen LogP contribution in [0.5, 0.6) is 0 Å². The Kier molecular flexibility index (Phi) is 3.95. The molecule has 0 spiro atoms. The zero-order valence-corrected chi connectivity index (χ0v) is 9.34. The summed E-state index contributed by atoms with van der Waals surface area (Å²) in [5.41, 5.74) is -0.0913. The van der Waals surface area contributed by atoms with Crippen molar-refractivity contribution in [1.29, 1.82) is 0 Å². The minimum atomic E-state index is -5.06. The molecule has 1 rings (SSSR count). The molecule has 0 bridgehead atoms. The Morgan fingerprint density at radius 1 is 1.33 bits per heavy atom. The van der Waals surface area contributed by atoms with E-state index in [0.717, 1.165) is 6.07 Å². The number of carbonyl (C=O) groups excluding carboxylic acids is 1. The van der Waals surface area contributed by atoms with Gasteiger partial charge in [0.05, 0.1) is 11.3 Å². The van der Waals surface area contributed by atoms with E-state index in [1.54, 1.807) is 6.92 Å². The molecule has 2 N–H and O–H groups in total. The topological polar surface area (TPSA) is 66.4 Å².